The summed E-state index contributed by atoms with van der Waals surface area (Å²) in [4.78, 5) is 26.4. The van der Waals surface area contributed by atoms with Crippen LogP contribution >= 0.6 is 0 Å². The molecule has 0 radical (unpaired) electrons. The van der Waals surface area contributed by atoms with Crippen LogP contribution in [0.5, 0.6) is 5.75 Å². The quantitative estimate of drug-likeness (QED) is 0.802. The summed E-state index contributed by atoms with van der Waals surface area (Å²) < 4.78 is 28.5. The number of benzene rings is 1. The third-order valence-electron chi connectivity index (χ3n) is 5.18. The number of nitrogens with one attached hydrogen (secondary N) is 1. The van der Waals surface area contributed by atoms with Crippen LogP contribution in [0.25, 0.3) is 0 Å². The molecule has 1 N–H and O–H groups in total. The minimum Gasteiger partial charge on any atom is -0.484 e. The topological polar surface area (TPSA) is 92.8 Å². The van der Waals surface area contributed by atoms with E-state index in [-0.39, 0.29) is 41.9 Å². The molecule has 2 saturated heterocycles. The number of rotatable bonds is 5. The maximum atomic E-state index is 12.3. The summed E-state index contributed by atoms with van der Waals surface area (Å²) in [6.07, 6.45) is 1.66. The molecule has 1 atom stereocenters. The average molecular weight is 394 g/mol. The van der Waals surface area contributed by atoms with Gasteiger partial charge in [0.25, 0.3) is 5.91 Å². The van der Waals surface area contributed by atoms with E-state index < -0.39 is 9.84 Å². The molecule has 2 amide bonds. The molecule has 3 rings (SSSR count). The van der Waals surface area contributed by atoms with E-state index in [0.29, 0.717) is 38.1 Å². The molecule has 8 heteroatoms. The van der Waals surface area contributed by atoms with Gasteiger partial charge in [-0.2, -0.15) is 0 Å². The van der Waals surface area contributed by atoms with Crippen LogP contribution in [0.2, 0.25) is 0 Å². The molecule has 1 unspecified atom stereocenters. The lowest BCUT2D eigenvalue weighted by Gasteiger charge is -2.31. The van der Waals surface area contributed by atoms with Crippen LogP contribution < -0.4 is 10.1 Å². The van der Waals surface area contributed by atoms with Gasteiger partial charge in [0.05, 0.1) is 11.5 Å². The molecule has 2 heterocycles. The van der Waals surface area contributed by atoms with Gasteiger partial charge in [0.2, 0.25) is 5.91 Å². The first-order valence-electron chi connectivity index (χ1n) is 9.30. The fourth-order valence-corrected chi connectivity index (χ4v) is 5.16. The molecule has 0 aromatic heterocycles. The van der Waals surface area contributed by atoms with Crippen molar-refractivity contribution >= 4 is 21.7 Å². The molecule has 0 saturated carbocycles. The lowest BCUT2D eigenvalue weighted by Crippen LogP contribution is -2.46. The Kier molecular flexibility index (Phi) is 6.04. The number of amides is 2. The van der Waals surface area contributed by atoms with Crippen LogP contribution in [0.3, 0.4) is 0 Å². The number of piperidine rings is 1. The van der Waals surface area contributed by atoms with E-state index in [1.807, 2.05) is 31.2 Å². The van der Waals surface area contributed by atoms with Gasteiger partial charge in [-0.25, -0.2) is 8.42 Å². The van der Waals surface area contributed by atoms with Crippen molar-refractivity contribution in [3.05, 3.63) is 29.8 Å². The summed E-state index contributed by atoms with van der Waals surface area (Å²) in [5.41, 5.74) is 1.13. The number of hydrogen-bond donors (Lipinski definition) is 1. The van der Waals surface area contributed by atoms with E-state index in [1.165, 1.54) is 0 Å². The van der Waals surface area contributed by atoms with Gasteiger partial charge < -0.3 is 15.0 Å². The van der Waals surface area contributed by atoms with E-state index >= 15 is 0 Å². The summed E-state index contributed by atoms with van der Waals surface area (Å²) in [6.45, 7) is 3.00. The highest BCUT2D eigenvalue weighted by Gasteiger charge is 2.32. The van der Waals surface area contributed by atoms with Crippen molar-refractivity contribution in [1.29, 1.82) is 0 Å². The van der Waals surface area contributed by atoms with E-state index in [1.54, 1.807) is 4.90 Å². The Labute approximate surface area is 160 Å². The minimum absolute atomic E-state index is 0.0140. The molecule has 2 aliphatic rings. The molecule has 2 fully saturated rings. The second-order valence-corrected chi connectivity index (χ2v) is 9.59. The number of sulfone groups is 1. The molecular formula is C19H26N2O5S. The van der Waals surface area contributed by atoms with Gasteiger partial charge in [-0.15, -0.1) is 0 Å². The van der Waals surface area contributed by atoms with Crippen molar-refractivity contribution in [2.24, 2.45) is 5.92 Å². The third-order valence-corrected chi connectivity index (χ3v) is 6.95. The Morgan fingerprint density at radius 1 is 1.15 bits per heavy atom. The number of hydrogen-bond acceptors (Lipinski definition) is 5. The number of ether oxygens (including phenoxy) is 1. The van der Waals surface area contributed by atoms with Gasteiger partial charge in [0.1, 0.15) is 5.75 Å². The van der Waals surface area contributed by atoms with Gasteiger partial charge in [0, 0.05) is 25.0 Å². The van der Waals surface area contributed by atoms with Crippen molar-refractivity contribution in [2.75, 3.05) is 31.2 Å². The van der Waals surface area contributed by atoms with Crippen LogP contribution in [-0.4, -0.2) is 62.4 Å². The predicted octanol–water partition coefficient (Wildman–Crippen LogP) is 0.916. The molecule has 0 spiro atoms. The van der Waals surface area contributed by atoms with Crippen molar-refractivity contribution in [3.63, 3.8) is 0 Å². The Bertz CT molecular complexity index is 783. The highest BCUT2D eigenvalue weighted by atomic mass is 32.2. The van der Waals surface area contributed by atoms with E-state index in [0.717, 1.165) is 5.56 Å². The SMILES string of the molecule is Cc1ccc(OCC(=O)N2CCC(C(=O)NC3CCS(=O)(=O)C3)CC2)cc1. The maximum absolute atomic E-state index is 12.3. The first-order valence-corrected chi connectivity index (χ1v) is 11.1. The van der Waals surface area contributed by atoms with Crippen LogP contribution in [0, 0.1) is 12.8 Å². The molecule has 7 nitrogen and oxygen atoms in total. The Morgan fingerprint density at radius 3 is 2.41 bits per heavy atom. The molecular weight excluding hydrogens is 368 g/mol. The number of carbonyl (C=O) groups is 2. The monoisotopic (exact) mass is 394 g/mol. The molecule has 0 bridgehead atoms. The molecule has 27 heavy (non-hydrogen) atoms. The van der Waals surface area contributed by atoms with Crippen LogP contribution in [0.1, 0.15) is 24.8 Å². The zero-order valence-corrected chi connectivity index (χ0v) is 16.3. The largest absolute Gasteiger partial charge is 0.484 e. The summed E-state index contributed by atoms with van der Waals surface area (Å²) in [5.74, 6) is 0.486. The van der Waals surface area contributed by atoms with Gasteiger partial charge >= 0.3 is 0 Å². The highest BCUT2D eigenvalue weighted by Crippen LogP contribution is 2.20. The van der Waals surface area contributed by atoms with E-state index in [2.05, 4.69) is 5.32 Å². The van der Waals surface area contributed by atoms with Crippen molar-refractivity contribution in [2.45, 2.75) is 32.2 Å². The standard InChI is InChI=1S/C19H26N2O5S/c1-14-2-4-17(5-3-14)26-12-18(22)21-9-6-15(7-10-21)19(23)20-16-8-11-27(24,25)13-16/h2-5,15-16H,6-13H2,1H3,(H,20,23). The first-order chi connectivity index (χ1) is 12.8. The first kappa shape index (κ1) is 19.7. The second-order valence-electron chi connectivity index (χ2n) is 7.37. The average Bonchev–Trinajstić information content (AvgIpc) is 2.99. The van der Waals surface area contributed by atoms with Gasteiger partial charge in [0.15, 0.2) is 16.4 Å². The Balaban J connectivity index is 1.40. The number of carbonyl (C=O) groups excluding carboxylic acids is 2. The zero-order valence-electron chi connectivity index (χ0n) is 15.5. The third kappa shape index (κ3) is 5.45. The highest BCUT2D eigenvalue weighted by molar-refractivity contribution is 7.91. The Morgan fingerprint density at radius 2 is 1.81 bits per heavy atom. The number of nitrogens with zero attached hydrogens (tertiary/aromatic N) is 1. The maximum Gasteiger partial charge on any atom is 0.260 e. The van der Waals surface area contributed by atoms with Gasteiger partial charge in [-0.1, -0.05) is 17.7 Å². The molecule has 1 aromatic carbocycles. The summed E-state index contributed by atoms with van der Waals surface area (Å²) >= 11 is 0. The van der Waals surface area contributed by atoms with Crippen LogP contribution in [0.4, 0.5) is 0 Å². The lowest BCUT2D eigenvalue weighted by atomic mass is 9.95. The van der Waals surface area contributed by atoms with Crippen molar-refractivity contribution in [3.8, 4) is 5.75 Å². The number of likely N-dealkylation sites (tertiary alicyclic amines) is 1. The van der Waals surface area contributed by atoms with Crippen LogP contribution in [-0.2, 0) is 19.4 Å². The smallest absolute Gasteiger partial charge is 0.260 e. The summed E-state index contributed by atoms with van der Waals surface area (Å²) in [7, 11) is -3.01. The molecule has 148 valence electrons. The van der Waals surface area contributed by atoms with E-state index in [9.17, 15) is 18.0 Å². The molecule has 0 aliphatic carbocycles. The number of aryl methyl sites for hydroxylation is 1. The molecule has 2 aliphatic heterocycles. The van der Waals surface area contributed by atoms with Crippen molar-refractivity contribution in [1.82, 2.24) is 10.2 Å². The normalized spacial score (nSPS) is 22.4. The fourth-order valence-electron chi connectivity index (χ4n) is 3.49. The summed E-state index contributed by atoms with van der Waals surface area (Å²) in [5, 5.41) is 2.85. The Hall–Kier alpha value is -2.09. The van der Waals surface area contributed by atoms with Crippen molar-refractivity contribution < 1.29 is 22.7 Å². The molecule has 1 aromatic rings. The van der Waals surface area contributed by atoms with Gasteiger partial charge in [-0.3, -0.25) is 9.59 Å². The second kappa shape index (κ2) is 8.29. The fraction of sp³-hybridized carbons (Fsp3) is 0.579. The van der Waals surface area contributed by atoms with E-state index in [4.69, 9.17) is 4.74 Å². The summed E-state index contributed by atoms with van der Waals surface area (Å²) in [6, 6.07) is 7.26. The predicted molar refractivity (Wildman–Crippen MR) is 101 cm³/mol. The minimum atomic E-state index is -3.01. The van der Waals surface area contributed by atoms with Crippen LogP contribution in [0.15, 0.2) is 24.3 Å². The zero-order chi connectivity index (χ0) is 19.4. The van der Waals surface area contributed by atoms with Gasteiger partial charge in [-0.05, 0) is 38.3 Å². The lowest BCUT2D eigenvalue weighted by molar-refractivity contribution is -0.137.